The number of sulfone groups is 1. The maximum Gasteiger partial charge on any atom is 0.256 e. The van der Waals surface area contributed by atoms with Crippen molar-refractivity contribution in [2.75, 3.05) is 18.8 Å². The van der Waals surface area contributed by atoms with Crippen molar-refractivity contribution >= 4 is 21.7 Å². The Morgan fingerprint density at radius 1 is 0.900 bits per heavy atom. The number of fused-ring (bicyclic) bond motifs is 1. The second-order valence-electron chi connectivity index (χ2n) is 8.21. The standard InChI is InChI=1S/C23H26N2O4S/c1-17-7-9-21(10-8-17)30(28,29)16-23(27)25-12-4-11-24(25)22(26)15-18-13-19-5-2-3-6-20(19)14-18/h2-3,5-10,18H,4,11-16H2,1H3. The average Bonchev–Trinajstić information content (AvgIpc) is 3.34. The van der Waals surface area contributed by atoms with Crippen LogP contribution in [-0.2, 0) is 32.3 Å². The second-order valence-corrected chi connectivity index (χ2v) is 10.2. The molecule has 2 aromatic rings. The second kappa shape index (κ2) is 8.22. The van der Waals surface area contributed by atoms with Crippen molar-refractivity contribution in [2.45, 2.75) is 37.5 Å². The number of carbonyl (C=O) groups is 2. The molecule has 0 spiro atoms. The van der Waals surface area contributed by atoms with Gasteiger partial charge in [-0.05, 0) is 55.4 Å². The summed E-state index contributed by atoms with van der Waals surface area (Å²) in [6.07, 6.45) is 2.76. The monoisotopic (exact) mass is 426 g/mol. The van der Waals surface area contributed by atoms with Crippen LogP contribution in [0.25, 0.3) is 0 Å². The molecule has 1 fully saturated rings. The van der Waals surface area contributed by atoms with E-state index in [1.807, 2.05) is 19.1 Å². The summed E-state index contributed by atoms with van der Waals surface area (Å²) in [5, 5.41) is 2.78. The Morgan fingerprint density at radius 2 is 1.47 bits per heavy atom. The molecule has 1 aliphatic heterocycles. The largest absolute Gasteiger partial charge is 0.273 e. The van der Waals surface area contributed by atoms with Crippen LogP contribution >= 0.6 is 0 Å². The van der Waals surface area contributed by atoms with E-state index in [-0.39, 0.29) is 16.7 Å². The van der Waals surface area contributed by atoms with Crippen molar-refractivity contribution in [3.63, 3.8) is 0 Å². The highest BCUT2D eigenvalue weighted by Gasteiger charge is 2.35. The zero-order valence-electron chi connectivity index (χ0n) is 17.1. The van der Waals surface area contributed by atoms with Crippen LogP contribution in [0.2, 0.25) is 0 Å². The van der Waals surface area contributed by atoms with Crippen LogP contribution in [0, 0.1) is 12.8 Å². The summed E-state index contributed by atoms with van der Waals surface area (Å²) in [4.78, 5) is 25.8. The number of hydrogen-bond acceptors (Lipinski definition) is 4. The van der Waals surface area contributed by atoms with Gasteiger partial charge in [-0.1, -0.05) is 42.0 Å². The van der Waals surface area contributed by atoms with Crippen LogP contribution in [0.1, 0.15) is 29.5 Å². The zero-order chi connectivity index (χ0) is 21.3. The SMILES string of the molecule is Cc1ccc(S(=O)(=O)CC(=O)N2CCCN2C(=O)CC2Cc3ccccc3C2)cc1. The summed E-state index contributed by atoms with van der Waals surface area (Å²) < 4.78 is 25.3. The molecule has 1 saturated heterocycles. The molecule has 158 valence electrons. The molecule has 7 heteroatoms. The van der Waals surface area contributed by atoms with Crippen LogP contribution in [0.3, 0.4) is 0 Å². The van der Waals surface area contributed by atoms with Crippen molar-refractivity contribution in [3.8, 4) is 0 Å². The van der Waals surface area contributed by atoms with E-state index >= 15 is 0 Å². The third-order valence-electron chi connectivity index (χ3n) is 5.90. The van der Waals surface area contributed by atoms with Crippen LogP contribution in [-0.4, -0.2) is 49.1 Å². The van der Waals surface area contributed by atoms with Crippen LogP contribution in [0.5, 0.6) is 0 Å². The highest BCUT2D eigenvalue weighted by atomic mass is 32.2. The molecule has 1 heterocycles. The summed E-state index contributed by atoms with van der Waals surface area (Å²) in [5.41, 5.74) is 3.52. The lowest BCUT2D eigenvalue weighted by atomic mass is 10.0. The molecule has 0 atom stereocenters. The number of nitrogens with zero attached hydrogens (tertiary/aromatic N) is 2. The minimum atomic E-state index is -3.75. The first-order valence-electron chi connectivity index (χ1n) is 10.3. The van der Waals surface area contributed by atoms with Gasteiger partial charge in [-0.15, -0.1) is 0 Å². The first-order chi connectivity index (χ1) is 14.3. The highest BCUT2D eigenvalue weighted by molar-refractivity contribution is 7.92. The summed E-state index contributed by atoms with van der Waals surface area (Å²) in [6, 6.07) is 14.7. The number of carbonyl (C=O) groups excluding carboxylic acids is 2. The topological polar surface area (TPSA) is 74.8 Å². The van der Waals surface area contributed by atoms with Crippen molar-refractivity contribution in [1.82, 2.24) is 10.0 Å². The van der Waals surface area contributed by atoms with Crippen molar-refractivity contribution in [2.24, 2.45) is 5.92 Å². The van der Waals surface area contributed by atoms with Crippen molar-refractivity contribution in [1.29, 1.82) is 0 Å². The molecule has 2 amide bonds. The quantitative estimate of drug-likeness (QED) is 0.736. The summed E-state index contributed by atoms with van der Waals surface area (Å²) in [5.74, 6) is -1.06. The summed E-state index contributed by atoms with van der Waals surface area (Å²) >= 11 is 0. The van der Waals surface area contributed by atoms with Gasteiger partial charge in [0.25, 0.3) is 5.91 Å². The van der Waals surface area contributed by atoms with Gasteiger partial charge < -0.3 is 0 Å². The molecule has 0 aromatic heterocycles. The number of benzene rings is 2. The third-order valence-corrected chi connectivity index (χ3v) is 7.52. The van der Waals surface area contributed by atoms with E-state index in [2.05, 4.69) is 12.1 Å². The van der Waals surface area contributed by atoms with Gasteiger partial charge in [-0.25, -0.2) is 8.42 Å². The van der Waals surface area contributed by atoms with Gasteiger partial charge in [0.2, 0.25) is 5.91 Å². The molecule has 30 heavy (non-hydrogen) atoms. The van der Waals surface area contributed by atoms with Gasteiger partial charge in [0.15, 0.2) is 9.84 Å². The van der Waals surface area contributed by atoms with Crippen LogP contribution < -0.4 is 0 Å². The minimum absolute atomic E-state index is 0.105. The Bertz CT molecular complexity index is 1040. The molecule has 0 radical (unpaired) electrons. The molecule has 0 saturated carbocycles. The van der Waals surface area contributed by atoms with Gasteiger partial charge in [0.05, 0.1) is 4.90 Å². The molecule has 2 aliphatic rings. The maximum absolute atomic E-state index is 12.9. The Morgan fingerprint density at radius 3 is 2.07 bits per heavy atom. The number of aryl methyl sites for hydroxylation is 1. The smallest absolute Gasteiger partial charge is 0.256 e. The fourth-order valence-corrected chi connectivity index (χ4v) is 5.53. The Balaban J connectivity index is 1.40. The molecule has 1 aliphatic carbocycles. The highest BCUT2D eigenvalue weighted by Crippen LogP contribution is 2.29. The predicted molar refractivity (Wildman–Crippen MR) is 113 cm³/mol. The first-order valence-corrected chi connectivity index (χ1v) is 12.0. The fourth-order valence-electron chi connectivity index (χ4n) is 4.34. The van der Waals surface area contributed by atoms with Gasteiger partial charge in [-0.2, -0.15) is 0 Å². The lowest BCUT2D eigenvalue weighted by Crippen LogP contribution is -2.47. The number of amides is 2. The average molecular weight is 427 g/mol. The molecule has 4 rings (SSSR count). The van der Waals surface area contributed by atoms with E-state index < -0.39 is 21.5 Å². The van der Waals surface area contributed by atoms with Gasteiger partial charge >= 0.3 is 0 Å². The van der Waals surface area contributed by atoms with Gasteiger partial charge in [-0.3, -0.25) is 19.6 Å². The molecule has 0 bridgehead atoms. The third kappa shape index (κ3) is 4.26. The van der Waals surface area contributed by atoms with Gasteiger partial charge in [0.1, 0.15) is 5.75 Å². The number of hydrogen-bond donors (Lipinski definition) is 0. The first kappa shape index (κ1) is 20.6. The van der Waals surface area contributed by atoms with Crippen LogP contribution in [0.15, 0.2) is 53.4 Å². The fraction of sp³-hybridized carbons (Fsp3) is 0.391. The molecule has 0 unspecified atom stereocenters. The molecule has 6 nitrogen and oxygen atoms in total. The van der Waals surface area contributed by atoms with Crippen molar-refractivity contribution in [3.05, 3.63) is 65.2 Å². The van der Waals surface area contributed by atoms with E-state index in [4.69, 9.17) is 0 Å². The Hall–Kier alpha value is -2.67. The normalized spacial score (nSPS) is 16.7. The molecular weight excluding hydrogens is 400 g/mol. The van der Waals surface area contributed by atoms with Crippen LogP contribution in [0.4, 0.5) is 0 Å². The molecular formula is C23H26N2O4S. The Kier molecular flexibility index (Phi) is 5.64. The van der Waals surface area contributed by atoms with E-state index in [1.54, 1.807) is 12.1 Å². The maximum atomic E-state index is 12.9. The lowest BCUT2D eigenvalue weighted by molar-refractivity contribution is -0.156. The van der Waals surface area contributed by atoms with Crippen molar-refractivity contribution < 1.29 is 18.0 Å². The minimum Gasteiger partial charge on any atom is -0.273 e. The summed E-state index contributed by atoms with van der Waals surface area (Å²) in [6.45, 7) is 2.70. The predicted octanol–water partition coefficient (Wildman–Crippen LogP) is 2.55. The van der Waals surface area contributed by atoms with Gasteiger partial charge in [0, 0.05) is 19.5 Å². The number of hydrazine groups is 1. The van der Waals surface area contributed by atoms with E-state index in [0.29, 0.717) is 25.9 Å². The summed E-state index contributed by atoms with van der Waals surface area (Å²) in [7, 11) is -3.75. The van der Waals surface area contributed by atoms with E-state index in [1.165, 1.54) is 33.3 Å². The number of rotatable bonds is 5. The Labute approximate surface area is 177 Å². The zero-order valence-corrected chi connectivity index (χ0v) is 17.9. The van der Waals surface area contributed by atoms with E-state index in [9.17, 15) is 18.0 Å². The molecule has 2 aromatic carbocycles. The molecule has 0 N–H and O–H groups in total. The lowest BCUT2D eigenvalue weighted by Gasteiger charge is -2.28. The van der Waals surface area contributed by atoms with E-state index in [0.717, 1.165) is 18.4 Å².